The molecule has 2 rings (SSSR count). The largest absolute Gasteiger partial charge is 0.389 e. The maximum atomic E-state index is 13.8. The van der Waals surface area contributed by atoms with Crippen molar-refractivity contribution >= 4 is 17.2 Å². The van der Waals surface area contributed by atoms with Crippen molar-refractivity contribution in [1.82, 2.24) is 4.90 Å². The van der Waals surface area contributed by atoms with Gasteiger partial charge in [0, 0.05) is 17.8 Å². The van der Waals surface area contributed by atoms with Crippen molar-refractivity contribution in [2.75, 3.05) is 6.54 Å². The standard InChI is InChI=1S/C19H27F2NO2S/c1-2-3-4-7-16(23)11-10-15-14-19(20,21)18(24)22(15)12-5-8-17-9-6-13-25-17/h6,9-11,13,15-16,23H,2-5,7-8,12,14H2,1H3/b11-10+/t15-,16?/m0/s1. The number of halogens is 2. The highest BCUT2D eigenvalue weighted by Crippen LogP contribution is 2.34. The molecule has 0 radical (unpaired) electrons. The van der Waals surface area contributed by atoms with Crippen LogP contribution in [0.3, 0.4) is 0 Å². The molecule has 6 heteroatoms. The van der Waals surface area contributed by atoms with E-state index in [2.05, 4.69) is 6.92 Å². The number of carbonyl (C=O) groups is 1. The van der Waals surface area contributed by atoms with Crippen LogP contribution < -0.4 is 0 Å². The summed E-state index contributed by atoms with van der Waals surface area (Å²) >= 11 is 1.63. The number of amides is 1. The third kappa shape index (κ3) is 5.89. The minimum Gasteiger partial charge on any atom is -0.389 e. The normalized spacial score (nSPS) is 21.4. The molecule has 2 atom stereocenters. The van der Waals surface area contributed by atoms with Crippen LogP contribution in [-0.4, -0.2) is 40.5 Å². The number of unbranched alkanes of at least 4 members (excludes halogenated alkanes) is 2. The van der Waals surface area contributed by atoms with E-state index in [0.717, 1.165) is 25.7 Å². The molecule has 1 aliphatic heterocycles. The lowest BCUT2D eigenvalue weighted by molar-refractivity contribution is -0.148. The maximum absolute atomic E-state index is 13.8. The fraction of sp³-hybridized carbons (Fsp3) is 0.632. The van der Waals surface area contributed by atoms with E-state index in [1.165, 1.54) is 9.78 Å². The van der Waals surface area contributed by atoms with Gasteiger partial charge in [0.05, 0.1) is 12.1 Å². The molecule has 1 fully saturated rings. The zero-order chi connectivity index (χ0) is 18.3. The van der Waals surface area contributed by atoms with Gasteiger partial charge in [0.25, 0.3) is 5.91 Å². The van der Waals surface area contributed by atoms with Gasteiger partial charge in [-0.25, -0.2) is 0 Å². The molecule has 0 bridgehead atoms. The Balaban J connectivity index is 1.90. The van der Waals surface area contributed by atoms with Gasteiger partial charge in [-0.3, -0.25) is 4.79 Å². The number of aliphatic hydroxyl groups excluding tert-OH is 1. The number of aryl methyl sites for hydroxylation is 1. The second-order valence-electron chi connectivity index (χ2n) is 6.61. The highest BCUT2D eigenvalue weighted by molar-refractivity contribution is 7.09. The molecule has 1 aliphatic rings. The van der Waals surface area contributed by atoms with Gasteiger partial charge in [0.15, 0.2) is 0 Å². The second-order valence-corrected chi connectivity index (χ2v) is 7.64. The van der Waals surface area contributed by atoms with Gasteiger partial charge >= 0.3 is 5.92 Å². The van der Waals surface area contributed by atoms with E-state index in [9.17, 15) is 18.7 Å². The number of nitrogens with zero attached hydrogens (tertiary/aromatic N) is 1. The van der Waals surface area contributed by atoms with E-state index >= 15 is 0 Å². The van der Waals surface area contributed by atoms with Crippen LogP contribution in [0.4, 0.5) is 8.78 Å². The van der Waals surface area contributed by atoms with Gasteiger partial charge in [0.1, 0.15) is 0 Å². The van der Waals surface area contributed by atoms with Crippen molar-refractivity contribution in [3.8, 4) is 0 Å². The maximum Gasteiger partial charge on any atom is 0.327 e. The van der Waals surface area contributed by atoms with E-state index in [1.807, 2.05) is 17.5 Å². The molecule has 0 saturated carbocycles. The van der Waals surface area contributed by atoms with Gasteiger partial charge < -0.3 is 10.0 Å². The highest BCUT2D eigenvalue weighted by atomic mass is 32.1. The molecule has 1 amide bonds. The third-order valence-electron chi connectivity index (χ3n) is 4.50. The zero-order valence-electron chi connectivity index (χ0n) is 14.7. The van der Waals surface area contributed by atoms with E-state index in [1.54, 1.807) is 23.5 Å². The average molecular weight is 371 g/mol. The van der Waals surface area contributed by atoms with Crippen LogP contribution in [0.1, 0.15) is 50.3 Å². The third-order valence-corrected chi connectivity index (χ3v) is 5.44. The fourth-order valence-electron chi connectivity index (χ4n) is 3.09. The molecule has 1 aromatic rings. The summed E-state index contributed by atoms with van der Waals surface area (Å²) in [5, 5.41) is 11.9. The van der Waals surface area contributed by atoms with Gasteiger partial charge in [0.2, 0.25) is 0 Å². The Morgan fingerprint density at radius 1 is 1.44 bits per heavy atom. The van der Waals surface area contributed by atoms with E-state index in [4.69, 9.17) is 0 Å². The summed E-state index contributed by atoms with van der Waals surface area (Å²) in [6, 6.07) is 3.34. The summed E-state index contributed by atoms with van der Waals surface area (Å²) in [4.78, 5) is 14.4. The summed E-state index contributed by atoms with van der Waals surface area (Å²) in [7, 11) is 0. The van der Waals surface area contributed by atoms with E-state index in [-0.39, 0.29) is 0 Å². The van der Waals surface area contributed by atoms with Gasteiger partial charge in [-0.1, -0.05) is 44.4 Å². The summed E-state index contributed by atoms with van der Waals surface area (Å²) in [6.45, 7) is 2.40. The second kappa shape index (κ2) is 9.43. The Morgan fingerprint density at radius 2 is 2.24 bits per heavy atom. The van der Waals surface area contributed by atoms with Crippen LogP contribution in [0.5, 0.6) is 0 Å². The molecule has 1 aromatic heterocycles. The molecule has 0 spiro atoms. The Kier molecular flexibility index (Phi) is 7.56. The number of thiophene rings is 1. The lowest BCUT2D eigenvalue weighted by Gasteiger charge is -2.21. The molecule has 140 valence electrons. The smallest absolute Gasteiger partial charge is 0.327 e. The predicted octanol–water partition coefficient (Wildman–Crippen LogP) is 4.41. The molecular weight excluding hydrogens is 344 g/mol. The first-order valence-electron chi connectivity index (χ1n) is 9.01. The van der Waals surface area contributed by atoms with Crippen molar-refractivity contribution < 1.29 is 18.7 Å². The Hall–Kier alpha value is -1.27. The Labute approximate surface area is 152 Å². The molecule has 25 heavy (non-hydrogen) atoms. The quantitative estimate of drug-likeness (QED) is 0.489. The van der Waals surface area contributed by atoms with Crippen molar-refractivity contribution in [3.63, 3.8) is 0 Å². The van der Waals surface area contributed by atoms with Crippen molar-refractivity contribution in [1.29, 1.82) is 0 Å². The summed E-state index contributed by atoms with van der Waals surface area (Å²) in [5.74, 6) is -4.39. The number of hydrogen-bond donors (Lipinski definition) is 1. The van der Waals surface area contributed by atoms with Gasteiger partial charge in [-0.05, 0) is 30.7 Å². The Morgan fingerprint density at radius 3 is 2.92 bits per heavy atom. The number of alkyl halides is 2. The topological polar surface area (TPSA) is 40.5 Å². The number of rotatable bonds is 10. The lowest BCUT2D eigenvalue weighted by atomic mass is 10.1. The highest BCUT2D eigenvalue weighted by Gasteiger charge is 2.52. The zero-order valence-corrected chi connectivity index (χ0v) is 15.5. The van der Waals surface area contributed by atoms with Crippen LogP contribution in [-0.2, 0) is 11.2 Å². The number of hydrogen-bond acceptors (Lipinski definition) is 3. The molecule has 1 unspecified atom stereocenters. The van der Waals surface area contributed by atoms with Crippen LogP contribution in [0.25, 0.3) is 0 Å². The average Bonchev–Trinajstić information content (AvgIpc) is 3.15. The lowest BCUT2D eigenvalue weighted by Crippen LogP contribution is -2.36. The van der Waals surface area contributed by atoms with Crippen molar-refractivity contribution in [2.45, 2.75) is 69.9 Å². The molecular formula is C19H27F2NO2S. The fourth-order valence-corrected chi connectivity index (χ4v) is 3.85. The van der Waals surface area contributed by atoms with E-state index in [0.29, 0.717) is 19.4 Å². The minimum atomic E-state index is -3.30. The van der Waals surface area contributed by atoms with E-state index < -0.39 is 30.4 Å². The summed E-state index contributed by atoms with van der Waals surface area (Å²) in [5.41, 5.74) is 0. The Bertz CT molecular complexity index is 560. The van der Waals surface area contributed by atoms with Crippen molar-refractivity contribution in [3.05, 3.63) is 34.5 Å². The molecule has 0 aromatic carbocycles. The van der Waals surface area contributed by atoms with Crippen LogP contribution in [0.15, 0.2) is 29.7 Å². The molecule has 1 N–H and O–H groups in total. The van der Waals surface area contributed by atoms with Gasteiger partial charge in [-0.2, -0.15) is 8.78 Å². The number of carbonyl (C=O) groups excluding carboxylic acids is 1. The first-order chi connectivity index (χ1) is 11.9. The van der Waals surface area contributed by atoms with Crippen LogP contribution in [0, 0.1) is 0 Å². The minimum absolute atomic E-state index is 0.313. The van der Waals surface area contributed by atoms with Gasteiger partial charge in [-0.15, -0.1) is 11.3 Å². The summed E-state index contributed by atoms with van der Waals surface area (Å²) in [6.07, 6.45) is 7.10. The molecule has 2 heterocycles. The first-order valence-corrected chi connectivity index (χ1v) is 9.89. The van der Waals surface area contributed by atoms with Crippen LogP contribution in [0.2, 0.25) is 0 Å². The molecule has 0 aliphatic carbocycles. The molecule has 1 saturated heterocycles. The van der Waals surface area contributed by atoms with Crippen molar-refractivity contribution in [2.24, 2.45) is 0 Å². The number of likely N-dealkylation sites (tertiary alicyclic amines) is 1. The predicted molar refractivity (Wildman–Crippen MR) is 97.0 cm³/mol. The summed E-state index contributed by atoms with van der Waals surface area (Å²) < 4.78 is 27.7. The first kappa shape index (κ1) is 20.0. The number of aliphatic hydroxyl groups is 1. The monoisotopic (exact) mass is 371 g/mol. The molecule has 3 nitrogen and oxygen atoms in total. The van der Waals surface area contributed by atoms with Crippen LogP contribution >= 0.6 is 11.3 Å². The SMILES string of the molecule is CCCCCC(O)/C=C/[C@H]1CC(F)(F)C(=O)N1CCCc1cccs1.